The molecule has 2 heterocycles. The molecule has 3 unspecified atom stereocenters. The summed E-state index contributed by atoms with van der Waals surface area (Å²) in [6.07, 6.45) is 11.7. The second kappa shape index (κ2) is 10.4. The second-order valence-electron chi connectivity index (χ2n) is 9.77. The first-order chi connectivity index (χ1) is 14.8. The maximum absolute atomic E-state index is 13.2. The molecule has 172 valence electrons. The summed E-state index contributed by atoms with van der Waals surface area (Å²) < 4.78 is 0. The molecule has 2 fully saturated rings. The van der Waals surface area contributed by atoms with Crippen molar-refractivity contribution in [3.8, 4) is 0 Å². The lowest BCUT2D eigenvalue weighted by Crippen LogP contribution is -2.62. The smallest absolute Gasteiger partial charge is 0.243 e. The minimum atomic E-state index is -1.11. The van der Waals surface area contributed by atoms with Gasteiger partial charge in [-0.25, -0.2) is 4.98 Å². The van der Waals surface area contributed by atoms with Crippen molar-refractivity contribution in [3.63, 3.8) is 0 Å². The molecule has 7 heteroatoms. The van der Waals surface area contributed by atoms with Crippen molar-refractivity contribution < 1.29 is 9.59 Å². The standard InChI is InChI=1S/C24H39N5O2/c1-17-7-6-8-18(2)29(17)16-22(30)28-24(23(26)31,13-19-9-4-3-5-10-19)14-20-11-12-21(25)27-15-20/h11-12,15,17-19H,3-10,13-14,16H2,1-2H3,(H2,25,27)(H2,26,31)(H,28,30). The van der Waals surface area contributed by atoms with Gasteiger partial charge < -0.3 is 16.8 Å². The van der Waals surface area contributed by atoms with Crippen molar-refractivity contribution in [2.24, 2.45) is 11.7 Å². The molecule has 3 rings (SSSR count). The number of carbonyl (C=O) groups excluding carboxylic acids is 2. The molecule has 0 aromatic carbocycles. The van der Waals surface area contributed by atoms with Crippen LogP contribution >= 0.6 is 0 Å². The van der Waals surface area contributed by atoms with Crippen molar-refractivity contribution in [1.82, 2.24) is 15.2 Å². The number of anilines is 1. The fraction of sp³-hybridized carbons (Fsp3) is 0.708. The van der Waals surface area contributed by atoms with E-state index in [2.05, 4.69) is 29.0 Å². The van der Waals surface area contributed by atoms with Gasteiger partial charge in [0.05, 0.1) is 6.54 Å². The van der Waals surface area contributed by atoms with E-state index in [4.69, 9.17) is 11.5 Å². The Morgan fingerprint density at radius 3 is 2.35 bits per heavy atom. The molecule has 1 aromatic heterocycles. The van der Waals surface area contributed by atoms with Gasteiger partial charge in [-0.05, 0) is 50.7 Å². The maximum atomic E-state index is 13.2. The van der Waals surface area contributed by atoms with Crippen LogP contribution in [0.2, 0.25) is 0 Å². The summed E-state index contributed by atoms with van der Waals surface area (Å²) in [5.41, 5.74) is 11.5. The zero-order valence-electron chi connectivity index (χ0n) is 19.1. The fourth-order valence-corrected chi connectivity index (χ4v) is 5.45. The summed E-state index contributed by atoms with van der Waals surface area (Å²) in [6, 6.07) is 4.30. The highest BCUT2D eigenvalue weighted by Gasteiger charge is 2.41. The van der Waals surface area contributed by atoms with Gasteiger partial charge in [0.15, 0.2) is 0 Å². The fourth-order valence-electron chi connectivity index (χ4n) is 5.45. The van der Waals surface area contributed by atoms with Crippen LogP contribution in [-0.4, -0.2) is 45.9 Å². The van der Waals surface area contributed by atoms with E-state index in [9.17, 15) is 9.59 Å². The van der Waals surface area contributed by atoms with Crippen LogP contribution in [0.15, 0.2) is 18.3 Å². The summed E-state index contributed by atoms with van der Waals surface area (Å²) in [7, 11) is 0. The van der Waals surface area contributed by atoms with E-state index in [1.165, 1.54) is 25.7 Å². The SMILES string of the molecule is CC1CCCC(C)N1CC(=O)NC(Cc1ccc(N)nc1)(CC1CCCCC1)C(N)=O. The van der Waals surface area contributed by atoms with Crippen LogP contribution < -0.4 is 16.8 Å². The van der Waals surface area contributed by atoms with Gasteiger partial charge in [0.2, 0.25) is 11.8 Å². The quantitative estimate of drug-likeness (QED) is 0.588. The number of pyridine rings is 1. The number of nitrogens with one attached hydrogen (secondary N) is 1. The first-order valence-electron chi connectivity index (χ1n) is 11.9. The van der Waals surface area contributed by atoms with Gasteiger partial charge in [0, 0.05) is 24.7 Å². The van der Waals surface area contributed by atoms with Crippen LogP contribution in [0.25, 0.3) is 0 Å². The Morgan fingerprint density at radius 1 is 1.10 bits per heavy atom. The van der Waals surface area contributed by atoms with Crippen LogP contribution in [-0.2, 0) is 16.0 Å². The van der Waals surface area contributed by atoms with E-state index in [1.54, 1.807) is 12.3 Å². The Labute approximate surface area is 186 Å². The molecular weight excluding hydrogens is 390 g/mol. The normalized spacial score (nSPS) is 25.0. The molecule has 0 radical (unpaired) electrons. The predicted octanol–water partition coefficient (Wildman–Crippen LogP) is 2.78. The van der Waals surface area contributed by atoms with Gasteiger partial charge in [-0.3, -0.25) is 14.5 Å². The summed E-state index contributed by atoms with van der Waals surface area (Å²) in [5.74, 6) is 0.218. The van der Waals surface area contributed by atoms with Crippen LogP contribution in [0.4, 0.5) is 5.82 Å². The number of nitrogens with zero attached hydrogens (tertiary/aromatic N) is 2. The monoisotopic (exact) mass is 429 g/mol. The lowest BCUT2D eigenvalue weighted by atomic mass is 9.76. The van der Waals surface area contributed by atoms with Crippen LogP contribution in [0.3, 0.4) is 0 Å². The molecule has 5 N–H and O–H groups in total. The molecule has 1 aromatic rings. The predicted molar refractivity (Wildman–Crippen MR) is 123 cm³/mol. The highest BCUT2D eigenvalue weighted by Crippen LogP contribution is 2.33. The van der Waals surface area contributed by atoms with Crippen molar-refractivity contribution in [3.05, 3.63) is 23.9 Å². The van der Waals surface area contributed by atoms with Gasteiger partial charge in [0.25, 0.3) is 0 Å². The molecule has 7 nitrogen and oxygen atoms in total. The van der Waals surface area contributed by atoms with Gasteiger partial charge >= 0.3 is 0 Å². The summed E-state index contributed by atoms with van der Waals surface area (Å²) in [4.78, 5) is 32.5. The third-order valence-corrected chi connectivity index (χ3v) is 7.27. The number of aromatic nitrogens is 1. The molecule has 1 saturated heterocycles. The van der Waals surface area contributed by atoms with Crippen LogP contribution in [0.1, 0.15) is 77.2 Å². The largest absolute Gasteiger partial charge is 0.384 e. The molecular formula is C24H39N5O2. The highest BCUT2D eigenvalue weighted by atomic mass is 16.2. The Morgan fingerprint density at radius 2 is 1.77 bits per heavy atom. The molecule has 2 amide bonds. The number of hydrogen-bond acceptors (Lipinski definition) is 5. The topological polar surface area (TPSA) is 114 Å². The Hall–Kier alpha value is -2.15. The zero-order valence-corrected chi connectivity index (χ0v) is 19.1. The molecule has 3 atom stereocenters. The number of nitrogens with two attached hydrogens (primary N) is 2. The molecule has 1 saturated carbocycles. The van der Waals surface area contributed by atoms with E-state index in [0.29, 0.717) is 43.2 Å². The number of hydrogen-bond donors (Lipinski definition) is 3. The molecule has 1 aliphatic carbocycles. The minimum Gasteiger partial charge on any atom is -0.384 e. The van der Waals surface area contributed by atoms with E-state index in [-0.39, 0.29) is 5.91 Å². The summed E-state index contributed by atoms with van der Waals surface area (Å²) in [5, 5.41) is 3.11. The lowest BCUT2D eigenvalue weighted by Gasteiger charge is -2.40. The van der Waals surface area contributed by atoms with E-state index in [1.807, 2.05) is 6.07 Å². The highest BCUT2D eigenvalue weighted by molar-refractivity contribution is 5.91. The van der Waals surface area contributed by atoms with Crippen molar-refractivity contribution in [2.45, 2.75) is 95.7 Å². The summed E-state index contributed by atoms with van der Waals surface area (Å²) >= 11 is 0. The third-order valence-electron chi connectivity index (χ3n) is 7.27. The number of carbonyl (C=O) groups is 2. The number of rotatable bonds is 8. The first kappa shape index (κ1) is 23.5. The van der Waals surface area contributed by atoms with Crippen molar-refractivity contribution in [1.29, 1.82) is 0 Å². The average Bonchev–Trinajstić information content (AvgIpc) is 2.73. The number of piperidine rings is 1. The third kappa shape index (κ3) is 6.19. The van der Waals surface area contributed by atoms with Crippen molar-refractivity contribution >= 4 is 17.6 Å². The molecule has 31 heavy (non-hydrogen) atoms. The molecule has 2 aliphatic rings. The van der Waals surface area contributed by atoms with E-state index >= 15 is 0 Å². The Balaban J connectivity index is 1.80. The van der Waals surface area contributed by atoms with Gasteiger partial charge in [-0.15, -0.1) is 0 Å². The lowest BCUT2D eigenvalue weighted by molar-refractivity contribution is -0.134. The molecule has 0 bridgehead atoms. The van der Waals surface area contributed by atoms with Gasteiger partial charge in [-0.1, -0.05) is 44.6 Å². The number of primary amides is 1. The van der Waals surface area contributed by atoms with Crippen molar-refractivity contribution in [2.75, 3.05) is 12.3 Å². The Bertz CT molecular complexity index is 737. The zero-order chi connectivity index (χ0) is 22.4. The number of nitrogen functional groups attached to an aromatic ring is 1. The van der Waals surface area contributed by atoms with E-state index < -0.39 is 11.4 Å². The Kier molecular flexibility index (Phi) is 7.92. The number of amides is 2. The molecule has 1 aliphatic heterocycles. The van der Waals surface area contributed by atoms with Gasteiger partial charge in [0.1, 0.15) is 11.4 Å². The van der Waals surface area contributed by atoms with Crippen LogP contribution in [0.5, 0.6) is 0 Å². The summed E-state index contributed by atoms with van der Waals surface area (Å²) in [6.45, 7) is 4.64. The number of likely N-dealkylation sites (tertiary alicyclic amines) is 1. The van der Waals surface area contributed by atoms with Gasteiger partial charge in [-0.2, -0.15) is 0 Å². The minimum absolute atomic E-state index is 0.126. The maximum Gasteiger partial charge on any atom is 0.243 e. The second-order valence-corrected chi connectivity index (χ2v) is 9.77. The van der Waals surface area contributed by atoms with Crippen LogP contribution in [0, 0.1) is 5.92 Å². The molecule has 0 spiro atoms. The first-order valence-corrected chi connectivity index (χ1v) is 11.9. The average molecular weight is 430 g/mol. The van der Waals surface area contributed by atoms with E-state index in [0.717, 1.165) is 31.2 Å².